The largest absolute Gasteiger partial charge is 0.508 e. The highest BCUT2D eigenvalue weighted by Crippen LogP contribution is 2.12. The smallest absolute Gasteiger partial charge is 0.419 e. The second-order valence-electron chi connectivity index (χ2n) is 5.51. The maximum Gasteiger partial charge on any atom is 0.419 e. The summed E-state index contributed by atoms with van der Waals surface area (Å²) >= 11 is 0. The Labute approximate surface area is 138 Å². The maximum atomic E-state index is 11.9. The zero-order valence-electron chi connectivity index (χ0n) is 13.1. The minimum Gasteiger partial charge on any atom is -0.508 e. The van der Waals surface area contributed by atoms with E-state index in [0.29, 0.717) is 24.1 Å². The number of nitrogens with zero attached hydrogens (tertiary/aromatic N) is 1. The molecule has 0 aliphatic carbocycles. The summed E-state index contributed by atoms with van der Waals surface area (Å²) in [5.41, 5.74) is 2.16. The number of phenolic OH excluding ortho intramolecular Hbond substituents is 1. The van der Waals surface area contributed by atoms with Crippen molar-refractivity contribution in [2.45, 2.75) is 19.4 Å². The van der Waals surface area contributed by atoms with Gasteiger partial charge in [-0.15, -0.1) is 0 Å². The van der Waals surface area contributed by atoms with E-state index in [2.05, 4.69) is 5.32 Å². The molecule has 1 heterocycles. The van der Waals surface area contributed by atoms with E-state index in [-0.39, 0.29) is 24.6 Å². The standard InChI is InChI=1S/C18H18N2O4/c21-14-5-3-4-13(12-14)8-10-19-17(22)9-11-20-15-6-1-2-7-16(15)24-18(20)23/h1-7,12,21H,8-11H2,(H,19,22). The molecule has 24 heavy (non-hydrogen) atoms. The molecule has 0 spiro atoms. The summed E-state index contributed by atoms with van der Waals surface area (Å²) in [4.78, 5) is 23.8. The van der Waals surface area contributed by atoms with Crippen LogP contribution in [-0.2, 0) is 17.8 Å². The van der Waals surface area contributed by atoms with Gasteiger partial charge in [0.15, 0.2) is 5.58 Å². The first-order valence-electron chi connectivity index (χ1n) is 7.76. The van der Waals surface area contributed by atoms with Gasteiger partial charge in [0.25, 0.3) is 0 Å². The third kappa shape index (κ3) is 3.65. The normalized spacial score (nSPS) is 10.8. The number of oxazole rings is 1. The molecule has 3 aromatic rings. The van der Waals surface area contributed by atoms with Gasteiger partial charge >= 0.3 is 5.76 Å². The molecule has 0 bridgehead atoms. The van der Waals surface area contributed by atoms with E-state index in [0.717, 1.165) is 5.56 Å². The van der Waals surface area contributed by atoms with Gasteiger partial charge in [-0.05, 0) is 36.2 Å². The SMILES string of the molecule is O=C(CCn1c(=O)oc2ccccc21)NCCc1cccc(O)c1. The minimum atomic E-state index is -0.455. The highest BCUT2D eigenvalue weighted by molar-refractivity contribution is 5.76. The highest BCUT2D eigenvalue weighted by Gasteiger charge is 2.10. The van der Waals surface area contributed by atoms with Gasteiger partial charge < -0.3 is 14.8 Å². The molecular formula is C18H18N2O4. The molecule has 0 saturated carbocycles. The number of aryl methyl sites for hydroxylation is 1. The fourth-order valence-corrected chi connectivity index (χ4v) is 2.59. The number of nitrogens with one attached hydrogen (secondary N) is 1. The molecule has 2 aromatic carbocycles. The number of carbonyl (C=O) groups is 1. The number of benzene rings is 2. The van der Waals surface area contributed by atoms with E-state index >= 15 is 0 Å². The van der Waals surface area contributed by atoms with E-state index in [1.807, 2.05) is 12.1 Å². The van der Waals surface area contributed by atoms with Crippen molar-refractivity contribution in [1.82, 2.24) is 9.88 Å². The lowest BCUT2D eigenvalue weighted by Gasteiger charge is -2.06. The van der Waals surface area contributed by atoms with Crippen LogP contribution in [-0.4, -0.2) is 22.1 Å². The number of fused-ring (bicyclic) bond motifs is 1. The molecule has 124 valence electrons. The molecule has 3 rings (SSSR count). The molecule has 2 N–H and O–H groups in total. The summed E-state index contributed by atoms with van der Waals surface area (Å²) in [5.74, 6) is -0.374. The third-order valence-corrected chi connectivity index (χ3v) is 3.78. The van der Waals surface area contributed by atoms with Crippen LogP contribution in [0.2, 0.25) is 0 Å². The molecule has 6 heteroatoms. The van der Waals surface area contributed by atoms with Gasteiger partial charge in [0, 0.05) is 19.5 Å². The van der Waals surface area contributed by atoms with E-state index < -0.39 is 5.76 Å². The molecule has 6 nitrogen and oxygen atoms in total. The van der Waals surface area contributed by atoms with E-state index in [1.54, 1.807) is 36.4 Å². The molecule has 0 fully saturated rings. The van der Waals surface area contributed by atoms with Crippen molar-refractivity contribution in [2.24, 2.45) is 0 Å². The average Bonchev–Trinajstić information content (AvgIpc) is 2.88. The Morgan fingerprint density at radius 2 is 2.00 bits per heavy atom. The summed E-state index contributed by atoms with van der Waals surface area (Å²) in [6.45, 7) is 0.747. The number of amides is 1. The molecule has 0 atom stereocenters. The van der Waals surface area contributed by atoms with Crippen molar-refractivity contribution in [3.63, 3.8) is 0 Å². The summed E-state index contributed by atoms with van der Waals surface area (Å²) in [5, 5.41) is 12.2. The molecular weight excluding hydrogens is 308 g/mol. The van der Waals surface area contributed by atoms with E-state index in [1.165, 1.54) is 4.57 Å². The van der Waals surface area contributed by atoms with Crippen LogP contribution < -0.4 is 11.1 Å². The number of carbonyl (C=O) groups excluding carboxylic acids is 1. The first kappa shape index (κ1) is 15.9. The summed E-state index contributed by atoms with van der Waals surface area (Å²) in [6, 6.07) is 14.1. The fourth-order valence-electron chi connectivity index (χ4n) is 2.59. The van der Waals surface area contributed by atoms with Gasteiger partial charge in [0.1, 0.15) is 5.75 Å². The highest BCUT2D eigenvalue weighted by atomic mass is 16.4. The van der Waals surface area contributed by atoms with E-state index in [9.17, 15) is 14.7 Å². The monoisotopic (exact) mass is 326 g/mol. The number of para-hydroxylation sites is 2. The van der Waals surface area contributed by atoms with Crippen LogP contribution in [0.25, 0.3) is 11.1 Å². The van der Waals surface area contributed by atoms with Gasteiger partial charge in [-0.2, -0.15) is 0 Å². The number of aromatic hydroxyl groups is 1. The van der Waals surface area contributed by atoms with Gasteiger partial charge in [-0.1, -0.05) is 24.3 Å². The van der Waals surface area contributed by atoms with Crippen molar-refractivity contribution in [2.75, 3.05) is 6.54 Å². The van der Waals surface area contributed by atoms with Crippen LogP contribution in [0.5, 0.6) is 5.75 Å². The molecule has 0 radical (unpaired) electrons. The predicted octanol–water partition coefficient (Wildman–Crippen LogP) is 2.05. The van der Waals surface area contributed by atoms with Crippen LogP contribution in [0, 0.1) is 0 Å². The number of rotatable bonds is 6. The van der Waals surface area contributed by atoms with Crippen LogP contribution >= 0.6 is 0 Å². The van der Waals surface area contributed by atoms with Crippen molar-refractivity contribution >= 4 is 17.0 Å². The first-order chi connectivity index (χ1) is 11.6. The molecule has 1 aromatic heterocycles. The number of phenols is 1. The Balaban J connectivity index is 1.52. The van der Waals surface area contributed by atoms with Crippen molar-refractivity contribution in [3.8, 4) is 5.75 Å². The molecule has 0 saturated heterocycles. The number of hydrogen-bond donors (Lipinski definition) is 2. The summed E-state index contributed by atoms with van der Waals surface area (Å²) in [6.07, 6.45) is 0.832. The summed E-state index contributed by atoms with van der Waals surface area (Å²) < 4.78 is 6.60. The minimum absolute atomic E-state index is 0.132. The predicted molar refractivity (Wildman–Crippen MR) is 89.9 cm³/mol. The molecule has 0 aliphatic rings. The zero-order valence-corrected chi connectivity index (χ0v) is 13.1. The van der Waals surface area contributed by atoms with Gasteiger partial charge in [-0.25, -0.2) is 4.79 Å². The Morgan fingerprint density at radius 1 is 1.17 bits per heavy atom. The van der Waals surface area contributed by atoms with Crippen LogP contribution in [0.4, 0.5) is 0 Å². The maximum absolute atomic E-state index is 11.9. The van der Waals surface area contributed by atoms with E-state index in [4.69, 9.17) is 4.42 Å². The lowest BCUT2D eigenvalue weighted by atomic mass is 10.1. The fraction of sp³-hybridized carbons (Fsp3) is 0.222. The van der Waals surface area contributed by atoms with Crippen molar-refractivity contribution in [1.29, 1.82) is 0 Å². The topological polar surface area (TPSA) is 84.5 Å². The number of hydrogen-bond acceptors (Lipinski definition) is 4. The Morgan fingerprint density at radius 3 is 2.83 bits per heavy atom. The first-order valence-corrected chi connectivity index (χ1v) is 7.76. The van der Waals surface area contributed by atoms with Crippen LogP contribution in [0.1, 0.15) is 12.0 Å². The Kier molecular flexibility index (Phi) is 4.65. The Hall–Kier alpha value is -3.02. The number of aromatic nitrogens is 1. The molecule has 0 aliphatic heterocycles. The van der Waals surface area contributed by atoms with Gasteiger partial charge in [0.05, 0.1) is 5.52 Å². The summed E-state index contributed by atoms with van der Waals surface area (Å²) in [7, 11) is 0. The second kappa shape index (κ2) is 7.04. The van der Waals surface area contributed by atoms with Crippen LogP contribution in [0.3, 0.4) is 0 Å². The molecule has 0 unspecified atom stereocenters. The lowest BCUT2D eigenvalue weighted by Crippen LogP contribution is -2.27. The van der Waals surface area contributed by atoms with Crippen molar-refractivity contribution < 1.29 is 14.3 Å². The molecule has 1 amide bonds. The lowest BCUT2D eigenvalue weighted by molar-refractivity contribution is -0.121. The third-order valence-electron chi connectivity index (χ3n) is 3.78. The van der Waals surface area contributed by atoms with Crippen LogP contribution in [0.15, 0.2) is 57.7 Å². The zero-order chi connectivity index (χ0) is 16.9. The Bertz CT molecular complexity index is 911. The van der Waals surface area contributed by atoms with Gasteiger partial charge in [-0.3, -0.25) is 9.36 Å². The van der Waals surface area contributed by atoms with Gasteiger partial charge in [0.2, 0.25) is 5.91 Å². The average molecular weight is 326 g/mol. The quantitative estimate of drug-likeness (QED) is 0.726. The van der Waals surface area contributed by atoms with Crippen molar-refractivity contribution in [3.05, 3.63) is 64.6 Å². The second-order valence-corrected chi connectivity index (χ2v) is 5.51.